The van der Waals surface area contributed by atoms with Crippen LogP contribution in [0, 0.1) is 0 Å². The Hall–Kier alpha value is 1.61. The summed E-state index contributed by atoms with van der Waals surface area (Å²) in [6.45, 7) is 0. The van der Waals surface area contributed by atoms with Gasteiger partial charge in [-0.1, -0.05) is 30.3 Å². The summed E-state index contributed by atoms with van der Waals surface area (Å²) in [5.41, 5.74) is 0. The Morgan fingerprint density at radius 3 is 1.71 bits per heavy atom. The second kappa shape index (κ2) is 8.74. The fourth-order valence-electron chi connectivity index (χ4n) is 2.42. The largest absolute Gasteiger partial charge is 1.00 e. The zero-order chi connectivity index (χ0) is 16.1. The number of hydrogen-bond donors (Lipinski definition) is 0. The third kappa shape index (κ3) is 4.90. The van der Waals surface area contributed by atoms with Gasteiger partial charge in [0.15, 0.2) is 0 Å². The van der Waals surface area contributed by atoms with Crippen LogP contribution >= 0.6 is 0 Å². The van der Waals surface area contributed by atoms with Gasteiger partial charge in [0, 0.05) is 5.39 Å². The first-order valence-corrected chi connectivity index (χ1v) is 8.87. The van der Waals surface area contributed by atoms with Crippen molar-refractivity contribution in [2.75, 3.05) is 0 Å². The summed E-state index contributed by atoms with van der Waals surface area (Å²) >= 11 is 0. The SMILES string of the molecule is O=S(=O)([O-])c1ccc2cc3ccccc3cc2c1S(=O)(=O)[O-].[Rb+].[Rb+]. The minimum Gasteiger partial charge on any atom is -0.744 e. The Morgan fingerprint density at radius 2 is 1.21 bits per heavy atom. The van der Waals surface area contributed by atoms with Crippen molar-refractivity contribution in [1.29, 1.82) is 0 Å². The zero-order valence-electron chi connectivity index (χ0n) is 12.9. The Labute approximate surface area is 237 Å². The fourth-order valence-corrected chi connectivity index (χ4v) is 4.37. The standard InChI is InChI=1S/C14H10O6S2.2Rb/c15-21(16,17)13-6-5-11-7-9-3-1-2-4-10(9)8-12(11)14(13)22(18,19)20;;/h1-8H,(H,15,16,17)(H,18,19,20);;/q;2*+1/p-2. The van der Waals surface area contributed by atoms with Crippen molar-refractivity contribution in [1.82, 2.24) is 0 Å². The molecule has 10 heteroatoms. The van der Waals surface area contributed by atoms with E-state index in [-0.39, 0.29) is 122 Å². The second-order valence-electron chi connectivity index (χ2n) is 4.72. The van der Waals surface area contributed by atoms with Crippen LogP contribution in [-0.2, 0) is 20.2 Å². The van der Waals surface area contributed by atoms with E-state index >= 15 is 0 Å². The van der Waals surface area contributed by atoms with E-state index in [1.54, 1.807) is 30.3 Å². The first-order valence-electron chi connectivity index (χ1n) is 6.05. The molecule has 0 saturated carbocycles. The maximum Gasteiger partial charge on any atom is 1.00 e. The Kier molecular flexibility index (Phi) is 8.62. The van der Waals surface area contributed by atoms with Crippen molar-refractivity contribution in [2.24, 2.45) is 0 Å². The normalized spacial score (nSPS) is 11.8. The van der Waals surface area contributed by atoms with E-state index in [1.807, 2.05) is 0 Å². The molecular weight excluding hydrogens is 499 g/mol. The molecule has 0 saturated heterocycles. The van der Waals surface area contributed by atoms with Crippen LogP contribution in [0.3, 0.4) is 0 Å². The molecule has 0 aliphatic rings. The van der Waals surface area contributed by atoms with E-state index in [2.05, 4.69) is 0 Å². The van der Waals surface area contributed by atoms with Crippen LogP contribution in [0.5, 0.6) is 0 Å². The molecule has 3 aromatic rings. The molecule has 0 atom stereocenters. The third-order valence-electron chi connectivity index (χ3n) is 3.32. The van der Waals surface area contributed by atoms with Crippen LogP contribution in [0.15, 0.2) is 58.3 Å². The van der Waals surface area contributed by atoms with Gasteiger partial charge >= 0.3 is 116 Å². The van der Waals surface area contributed by atoms with E-state index < -0.39 is 30.0 Å². The average molecular weight is 507 g/mol. The molecule has 0 heterocycles. The second-order valence-corrected chi connectivity index (χ2v) is 7.39. The summed E-state index contributed by atoms with van der Waals surface area (Å²) < 4.78 is 68.2. The molecule has 0 fully saturated rings. The fraction of sp³-hybridized carbons (Fsp3) is 0. The number of benzene rings is 3. The first-order chi connectivity index (χ1) is 10.2. The molecular formula is C14H8O6Rb2S2. The molecule has 0 unspecified atom stereocenters. The molecule has 0 bridgehead atoms. The molecule has 0 amide bonds. The predicted octanol–water partition coefficient (Wildman–Crippen LogP) is -4.19. The smallest absolute Gasteiger partial charge is 0.744 e. The van der Waals surface area contributed by atoms with E-state index in [0.29, 0.717) is 10.8 Å². The average Bonchev–Trinajstić information content (AvgIpc) is 2.41. The number of fused-ring (bicyclic) bond motifs is 2. The summed E-state index contributed by atoms with van der Waals surface area (Å²) in [6.07, 6.45) is 0. The van der Waals surface area contributed by atoms with Gasteiger partial charge in [-0.15, -0.1) is 0 Å². The van der Waals surface area contributed by atoms with Gasteiger partial charge in [0.2, 0.25) is 0 Å². The maximum atomic E-state index is 11.5. The van der Waals surface area contributed by atoms with Crippen LogP contribution < -0.4 is 116 Å². The monoisotopic (exact) mass is 506 g/mol. The molecule has 3 aromatic carbocycles. The summed E-state index contributed by atoms with van der Waals surface area (Å²) in [5, 5.41) is 1.70. The minimum atomic E-state index is -5.14. The predicted molar refractivity (Wildman–Crippen MR) is 77.4 cm³/mol. The van der Waals surface area contributed by atoms with E-state index in [9.17, 15) is 25.9 Å². The molecule has 6 nitrogen and oxygen atoms in total. The van der Waals surface area contributed by atoms with Gasteiger partial charge in [0.1, 0.15) is 20.2 Å². The van der Waals surface area contributed by atoms with Crippen LogP contribution in [0.4, 0.5) is 0 Å². The molecule has 0 aliphatic heterocycles. The third-order valence-corrected chi connectivity index (χ3v) is 5.27. The molecule has 3 rings (SSSR count). The summed E-state index contributed by atoms with van der Waals surface area (Å²) in [7, 11) is -10.2. The van der Waals surface area contributed by atoms with Crippen molar-refractivity contribution in [3.8, 4) is 0 Å². The van der Waals surface area contributed by atoms with E-state index in [4.69, 9.17) is 0 Å². The van der Waals surface area contributed by atoms with Gasteiger partial charge < -0.3 is 9.11 Å². The topological polar surface area (TPSA) is 114 Å². The maximum absolute atomic E-state index is 11.5. The molecule has 0 N–H and O–H groups in total. The van der Waals surface area contributed by atoms with Crippen molar-refractivity contribution in [3.63, 3.8) is 0 Å². The first kappa shape index (κ1) is 23.6. The van der Waals surface area contributed by atoms with Gasteiger partial charge in [0.05, 0.1) is 9.79 Å². The van der Waals surface area contributed by atoms with Crippen LogP contribution in [0.1, 0.15) is 0 Å². The minimum absolute atomic E-state index is 0. The van der Waals surface area contributed by atoms with Crippen molar-refractivity contribution in [2.45, 2.75) is 9.79 Å². The Morgan fingerprint density at radius 1 is 0.667 bits per heavy atom. The van der Waals surface area contributed by atoms with Gasteiger partial charge in [0.25, 0.3) is 0 Å². The Balaban J connectivity index is 0.00000144. The van der Waals surface area contributed by atoms with Gasteiger partial charge in [-0.3, -0.25) is 0 Å². The van der Waals surface area contributed by atoms with Gasteiger partial charge in [-0.2, -0.15) is 0 Å². The molecule has 0 radical (unpaired) electrons. The zero-order valence-corrected chi connectivity index (χ0v) is 24.3. The molecule has 0 aliphatic carbocycles. The number of rotatable bonds is 2. The quantitative estimate of drug-likeness (QED) is 0.257. The number of hydrogen-bond acceptors (Lipinski definition) is 6. The summed E-state index contributed by atoms with van der Waals surface area (Å²) in [4.78, 5) is -2.02. The van der Waals surface area contributed by atoms with Crippen molar-refractivity contribution < 1.29 is 142 Å². The van der Waals surface area contributed by atoms with Crippen LogP contribution in [-0.4, -0.2) is 25.9 Å². The summed E-state index contributed by atoms with van der Waals surface area (Å²) in [5.74, 6) is 0. The molecule has 24 heavy (non-hydrogen) atoms. The van der Waals surface area contributed by atoms with E-state index in [1.165, 1.54) is 12.1 Å². The Bertz CT molecular complexity index is 1120. The van der Waals surface area contributed by atoms with Crippen LogP contribution in [0.2, 0.25) is 0 Å². The molecule has 0 spiro atoms. The van der Waals surface area contributed by atoms with Crippen molar-refractivity contribution >= 4 is 41.8 Å². The van der Waals surface area contributed by atoms with Crippen LogP contribution in [0.25, 0.3) is 21.5 Å². The molecule has 114 valence electrons. The van der Waals surface area contributed by atoms with Crippen molar-refractivity contribution in [3.05, 3.63) is 48.5 Å². The van der Waals surface area contributed by atoms with E-state index in [0.717, 1.165) is 11.5 Å². The summed E-state index contributed by atoms with van der Waals surface area (Å²) in [6, 6.07) is 12.2. The molecule has 0 aromatic heterocycles. The van der Waals surface area contributed by atoms with Gasteiger partial charge in [-0.25, -0.2) is 16.8 Å². The van der Waals surface area contributed by atoms with Gasteiger partial charge in [-0.05, 0) is 34.4 Å².